The summed E-state index contributed by atoms with van der Waals surface area (Å²) in [5.74, 6) is -1.17. The van der Waals surface area contributed by atoms with Crippen LogP contribution in [-0.4, -0.2) is 29.5 Å². The van der Waals surface area contributed by atoms with Gasteiger partial charge in [-0.05, 0) is 36.4 Å². The summed E-state index contributed by atoms with van der Waals surface area (Å²) in [6.07, 6.45) is 0.124. The number of hydrogen-bond acceptors (Lipinski definition) is 5. The third kappa shape index (κ3) is 4.78. The summed E-state index contributed by atoms with van der Waals surface area (Å²) < 4.78 is 0. The first kappa shape index (κ1) is 20.1. The van der Waals surface area contributed by atoms with Gasteiger partial charge in [0.05, 0.1) is 5.69 Å². The highest BCUT2D eigenvalue weighted by Crippen LogP contribution is 2.25. The second kappa shape index (κ2) is 8.55. The first-order valence-electron chi connectivity index (χ1n) is 9.28. The highest BCUT2D eigenvalue weighted by Gasteiger charge is 2.34. The maximum Gasteiger partial charge on any atom is 0.271 e. The minimum atomic E-state index is -0.716. The summed E-state index contributed by atoms with van der Waals surface area (Å²) in [7, 11) is 0. The van der Waals surface area contributed by atoms with Crippen molar-refractivity contribution in [3.8, 4) is 0 Å². The molecule has 4 N–H and O–H groups in total. The van der Waals surface area contributed by atoms with Crippen molar-refractivity contribution in [2.24, 2.45) is 16.8 Å². The summed E-state index contributed by atoms with van der Waals surface area (Å²) in [6.45, 7) is 3.62. The molecule has 0 saturated carbocycles. The van der Waals surface area contributed by atoms with Crippen LogP contribution >= 0.6 is 0 Å². The number of hydrogen-bond donors (Lipinski definition) is 3. The van der Waals surface area contributed by atoms with Crippen LogP contribution in [0.3, 0.4) is 0 Å². The van der Waals surface area contributed by atoms with Crippen LogP contribution < -0.4 is 21.4 Å². The first-order chi connectivity index (χ1) is 13.8. The molecular formula is C21H23N5O3. The Morgan fingerprint density at radius 1 is 1.00 bits per heavy atom. The molecule has 0 aromatic heterocycles. The van der Waals surface area contributed by atoms with Gasteiger partial charge in [-0.3, -0.25) is 19.4 Å². The van der Waals surface area contributed by atoms with Crippen molar-refractivity contribution in [1.29, 1.82) is 0 Å². The van der Waals surface area contributed by atoms with Crippen LogP contribution in [0.4, 0.5) is 17.1 Å². The molecule has 1 atom stereocenters. The predicted molar refractivity (Wildman–Crippen MR) is 112 cm³/mol. The number of carbonyl (C=O) groups excluding carboxylic acids is 3. The van der Waals surface area contributed by atoms with Gasteiger partial charge in [0.2, 0.25) is 11.8 Å². The summed E-state index contributed by atoms with van der Waals surface area (Å²) in [6, 6.07) is 15.1. The zero-order valence-electron chi connectivity index (χ0n) is 16.3. The standard InChI is InChI=1S/C21H23N5O3/c1-13(2)20(28)23-14-8-10-15(11-9-14)24-21(29)17-12-18(19(22)27)26(25-17)16-6-4-3-5-7-16/h3-11,13,18H,12H2,1-2H3,(H2,22,27)(H,23,28)(H,24,29). The van der Waals surface area contributed by atoms with Gasteiger partial charge in [-0.1, -0.05) is 32.0 Å². The number of nitrogens with one attached hydrogen (secondary N) is 2. The number of para-hydroxylation sites is 1. The van der Waals surface area contributed by atoms with E-state index in [0.717, 1.165) is 0 Å². The zero-order chi connectivity index (χ0) is 21.0. The lowest BCUT2D eigenvalue weighted by molar-refractivity contribution is -0.119. The average Bonchev–Trinajstić information content (AvgIpc) is 3.16. The molecule has 3 amide bonds. The molecule has 3 rings (SSSR count). The Morgan fingerprint density at radius 2 is 1.59 bits per heavy atom. The minimum absolute atomic E-state index is 0.0828. The van der Waals surface area contributed by atoms with Gasteiger partial charge >= 0.3 is 0 Å². The van der Waals surface area contributed by atoms with Gasteiger partial charge in [0, 0.05) is 23.7 Å². The van der Waals surface area contributed by atoms with E-state index >= 15 is 0 Å². The van der Waals surface area contributed by atoms with Gasteiger partial charge in [0.1, 0.15) is 11.8 Å². The second-order valence-corrected chi connectivity index (χ2v) is 7.02. The second-order valence-electron chi connectivity index (χ2n) is 7.02. The number of amides is 3. The molecule has 2 aromatic rings. The van der Waals surface area contributed by atoms with Gasteiger partial charge < -0.3 is 16.4 Å². The molecule has 0 spiro atoms. The van der Waals surface area contributed by atoms with Gasteiger partial charge in [0.15, 0.2) is 0 Å². The maximum absolute atomic E-state index is 12.6. The molecule has 1 aliphatic rings. The average molecular weight is 393 g/mol. The molecule has 2 aromatic carbocycles. The maximum atomic E-state index is 12.6. The molecule has 1 unspecified atom stereocenters. The summed E-state index contributed by atoms with van der Waals surface area (Å²) in [4.78, 5) is 36.2. The highest BCUT2D eigenvalue weighted by molar-refractivity contribution is 6.44. The minimum Gasteiger partial charge on any atom is -0.368 e. The van der Waals surface area contributed by atoms with E-state index in [1.165, 1.54) is 5.01 Å². The van der Waals surface area contributed by atoms with Gasteiger partial charge in [0.25, 0.3) is 5.91 Å². The van der Waals surface area contributed by atoms with E-state index in [9.17, 15) is 14.4 Å². The Kier molecular flexibility index (Phi) is 5.92. The van der Waals surface area contributed by atoms with Crippen LogP contribution in [0.15, 0.2) is 59.7 Å². The van der Waals surface area contributed by atoms with Crippen LogP contribution in [0.5, 0.6) is 0 Å². The van der Waals surface area contributed by atoms with Gasteiger partial charge in [-0.25, -0.2) is 0 Å². The van der Waals surface area contributed by atoms with Crippen molar-refractivity contribution >= 4 is 40.5 Å². The van der Waals surface area contributed by atoms with Crippen LogP contribution in [0.25, 0.3) is 0 Å². The van der Waals surface area contributed by atoms with Gasteiger partial charge in [-0.2, -0.15) is 5.10 Å². The molecule has 150 valence electrons. The van der Waals surface area contributed by atoms with E-state index in [1.54, 1.807) is 36.4 Å². The van der Waals surface area contributed by atoms with E-state index in [4.69, 9.17) is 5.73 Å². The summed E-state index contributed by atoms with van der Waals surface area (Å²) in [5, 5.41) is 11.3. The predicted octanol–water partition coefficient (Wildman–Crippen LogP) is 2.34. The molecule has 0 bridgehead atoms. The zero-order valence-corrected chi connectivity index (χ0v) is 16.3. The molecular weight excluding hydrogens is 370 g/mol. The highest BCUT2D eigenvalue weighted by atomic mass is 16.2. The number of hydrazone groups is 1. The largest absolute Gasteiger partial charge is 0.368 e. The number of primary amides is 1. The molecule has 8 heteroatoms. The molecule has 8 nitrogen and oxygen atoms in total. The van der Waals surface area contributed by atoms with E-state index in [2.05, 4.69) is 15.7 Å². The van der Waals surface area contributed by atoms with Crippen molar-refractivity contribution in [3.05, 3.63) is 54.6 Å². The van der Waals surface area contributed by atoms with E-state index in [0.29, 0.717) is 17.1 Å². The monoisotopic (exact) mass is 393 g/mol. The molecule has 0 saturated heterocycles. The Morgan fingerprint density at radius 3 is 2.14 bits per heavy atom. The summed E-state index contributed by atoms with van der Waals surface area (Å²) >= 11 is 0. The van der Waals surface area contributed by atoms with Crippen LogP contribution in [0, 0.1) is 5.92 Å². The fourth-order valence-electron chi connectivity index (χ4n) is 2.81. The number of nitrogens with zero attached hydrogens (tertiary/aromatic N) is 2. The number of benzene rings is 2. The smallest absolute Gasteiger partial charge is 0.271 e. The molecule has 29 heavy (non-hydrogen) atoms. The molecule has 0 aliphatic carbocycles. The van der Waals surface area contributed by atoms with Crippen LogP contribution in [-0.2, 0) is 14.4 Å². The normalized spacial score (nSPS) is 15.8. The first-order valence-corrected chi connectivity index (χ1v) is 9.28. The van der Waals surface area contributed by atoms with E-state index in [1.807, 2.05) is 32.0 Å². The number of rotatable bonds is 6. The fraction of sp³-hybridized carbons (Fsp3) is 0.238. The van der Waals surface area contributed by atoms with E-state index in [-0.39, 0.29) is 24.0 Å². The quantitative estimate of drug-likeness (QED) is 0.698. The molecule has 1 aliphatic heterocycles. The third-order valence-corrected chi connectivity index (χ3v) is 4.46. The molecule has 0 radical (unpaired) electrons. The molecule has 0 fully saturated rings. The van der Waals surface area contributed by atoms with E-state index < -0.39 is 17.9 Å². The SMILES string of the molecule is CC(C)C(=O)Nc1ccc(NC(=O)C2=NN(c3ccccc3)C(C(N)=O)C2)cc1. The Balaban J connectivity index is 1.70. The lowest BCUT2D eigenvalue weighted by atomic mass is 10.1. The number of anilines is 3. The van der Waals surface area contributed by atoms with Crippen molar-refractivity contribution < 1.29 is 14.4 Å². The van der Waals surface area contributed by atoms with Crippen molar-refractivity contribution in [1.82, 2.24) is 0 Å². The fourth-order valence-corrected chi connectivity index (χ4v) is 2.81. The summed E-state index contributed by atoms with van der Waals surface area (Å²) in [5.41, 5.74) is 7.59. The van der Waals surface area contributed by atoms with Crippen LogP contribution in [0.1, 0.15) is 20.3 Å². The lowest BCUT2D eigenvalue weighted by Crippen LogP contribution is -2.39. The third-order valence-electron chi connectivity index (χ3n) is 4.46. The lowest BCUT2D eigenvalue weighted by Gasteiger charge is -2.20. The van der Waals surface area contributed by atoms with Crippen molar-refractivity contribution in [2.75, 3.05) is 15.6 Å². The number of carbonyl (C=O) groups is 3. The van der Waals surface area contributed by atoms with Crippen molar-refractivity contribution in [2.45, 2.75) is 26.3 Å². The Hall–Kier alpha value is -3.68. The van der Waals surface area contributed by atoms with Gasteiger partial charge in [-0.15, -0.1) is 0 Å². The molecule has 1 heterocycles. The van der Waals surface area contributed by atoms with Crippen molar-refractivity contribution in [3.63, 3.8) is 0 Å². The topological polar surface area (TPSA) is 117 Å². The Bertz CT molecular complexity index is 939. The number of nitrogens with two attached hydrogens (primary N) is 1. The Labute approximate surface area is 168 Å². The van der Waals surface area contributed by atoms with Crippen LogP contribution in [0.2, 0.25) is 0 Å².